The van der Waals surface area contributed by atoms with Gasteiger partial charge < -0.3 is 14.2 Å². The van der Waals surface area contributed by atoms with E-state index in [0.717, 1.165) is 15.6 Å². The van der Waals surface area contributed by atoms with Crippen LogP contribution in [0, 0.1) is 0 Å². The molecule has 0 N–H and O–H groups in total. The van der Waals surface area contributed by atoms with E-state index in [2.05, 4.69) is 0 Å². The zero-order valence-electron chi connectivity index (χ0n) is 18.6. The van der Waals surface area contributed by atoms with Crippen molar-refractivity contribution in [3.63, 3.8) is 0 Å². The van der Waals surface area contributed by atoms with Crippen LogP contribution in [0.2, 0.25) is 0 Å². The lowest BCUT2D eigenvalue weighted by Gasteiger charge is -2.33. The number of carbonyl (C=O) groups is 3. The number of esters is 1. The molecule has 1 fully saturated rings. The van der Waals surface area contributed by atoms with Crippen LogP contribution in [-0.2, 0) is 19.0 Å². The van der Waals surface area contributed by atoms with Crippen LogP contribution in [0.3, 0.4) is 0 Å². The standard InChI is InChI=1S/C22H30N2O6/c1-21(2,3)29-19(26)23-16(13-15-11-9-8-10-12-15)14-17(18(25)28-7)24(23)20(27)30-22(4,5)6/h8-13,17H,14H2,1-7H3/b16-13-/t17-/m1/s1. The summed E-state index contributed by atoms with van der Waals surface area (Å²) in [5.41, 5.74) is -0.423. The molecule has 0 bridgehead atoms. The van der Waals surface area contributed by atoms with Crippen LogP contribution < -0.4 is 0 Å². The second kappa shape index (κ2) is 8.77. The number of hydrazine groups is 1. The van der Waals surface area contributed by atoms with Crippen LogP contribution in [0.15, 0.2) is 36.0 Å². The number of nitrogens with zero attached hydrogens (tertiary/aromatic N) is 2. The van der Waals surface area contributed by atoms with Crippen molar-refractivity contribution in [2.75, 3.05) is 7.11 Å². The Hall–Kier alpha value is -3.03. The summed E-state index contributed by atoms with van der Waals surface area (Å²) in [4.78, 5) is 38.5. The van der Waals surface area contributed by atoms with Gasteiger partial charge in [-0.15, -0.1) is 0 Å². The first-order valence-corrected chi connectivity index (χ1v) is 9.71. The molecule has 2 rings (SSSR count). The molecular formula is C22H30N2O6. The minimum atomic E-state index is -1.06. The largest absolute Gasteiger partial charge is 0.467 e. The Morgan fingerprint density at radius 1 is 0.933 bits per heavy atom. The summed E-state index contributed by atoms with van der Waals surface area (Å²) in [6.07, 6.45) is 0.159. The normalized spacial score (nSPS) is 18.4. The summed E-state index contributed by atoms with van der Waals surface area (Å²) in [6, 6.07) is 8.21. The van der Waals surface area contributed by atoms with Gasteiger partial charge in [0.2, 0.25) is 0 Å². The topological polar surface area (TPSA) is 85.4 Å². The third-order valence-corrected chi connectivity index (χ3v) is 3.94. The lowest BCUT2D eigenvalue weighted by atomic mass is 10.1. The number of hydrogen-bond acceptors (Lipinski definition) is 6. The SMILES string of the molecule is COC(=O)[C@H]1C/C(=C/c2ccccc2)N(C(=O)OC(C)(C)C)N1C(=O)OC(C)(C)C. The van der Waals surface area contributed by atoms with E-state index >= 15 is 0 Å². The Labute approximate surface area is 177 Å². The minimum absolute atomic E-state index is 0.0695. The molecule has 30 heavy (non-hydrogen) atoms. The number of ether oxygens (including phenoxy) is 3. The molecule has 1 aromatic carbocycles. The quantitative estimate of drug-likeness (QED) is 0.524. The predicted molar refractivity (Wildman–Crippen MR) is 111 cm³/mol. The van der Waals surface area contributed by atoms with E-state index < -0.39 is 35.4 Å². The molecule has 1 heterocycles. The van der Waals surface area contributed by atoms with Crippen molar-refractivity contribution in [1.29, 1.82) is 0 Å². The van der Waals surface area contributed by atoms with Gasteiger partial charge in [0, 0.05) is 6.42 Å². The predicted octanol–water partition coefficient (Wildman–Crippen LogP) is 4.36. The van der Waals surface area contributed by atoms with Gasteiger partial charge in [0.1, 0.15) is 11.2 Å². The monoisotopic (exact) mass is 418 g/mol. The first-order valence-electron chi connectivity index (χ1n) is 9.71. The Kier molecular flexibility index (Phi) is 6.80. The molecule has 0 unspecified atom stereocenters. The fourth-order valence-electron chi connectivity index (χ4n) is 2.86. The van der Waals surface area contributed by atoms with Crippen molar-refractivity contribution in [2.45, 2.75) is 65.2 Å². The van der Waals surface area contributed by atoms with E-state index in [9.17, 15) is 14.4 Å². The van der Waals surface area contributed by atoms with Crippen molar-refractivity contribution >= 4 is 24.2 Å². The van der Waals surface area contributed by atoms with Gasteiger partial charge >= 0.3 is 18.2 Å². The average Bonchev–Trinajstić information content (AvgIpc) is 2.98. The van der Waals surface area contributed by atoms with Crippen LogP contribution in [0.4, 0.5) is 9.59 Å². The molecule has 164 valence electrons. The van der Waals surface area contributed by atoms with Crippen LogP contribution in [0.25, 0.3) is 6.08 Å². The van der Waals surface area contributed by atoms with Gasteiger partial charge in [0.15, 0.2) is 6.04 Å². The number of hydrogen-bond donors (Lipinski definition) is 0. The first kappa shape index (κ1) is 23.3. The lowest BCUT2D eigenvalue weighted by Crippen LogP contribution is -2.53. The Morgan fingerprint density at radius 3 is 1.97 bits per heavy atom. The highest BCUT2D eigenvalue weighted by molar-refractivity contribution is 5.87. The molecule has 2 amide bonds. The molecule has 1 aliphatic heterocycles. The average molecular weight is 418 g/mol. The second-order valence-corrected chi connectivity index (χ2v) is 8.91. The van der Waals surface area contributed by atoms with Crippen molar-refractivity contribution in [1.82, 2.24) is 10.0 Å². The van der Waals surface area contributed by atoms with E-state index in [1.807, 2.05) is 30.3 Å². The van der Waals surface area contributed by atoms with Crippen molar-refractivity contribution < 1.29 is 28.6 Å². The highest BCUT2D eigenvalue weighted by Gasteiger charge is 2.49. The number of rotatable bonds is 2. The molecule has 0 radical (unpaired) electrons. The highest BCUT2D eigenvalue weighted by atomic mass is 16.6. The van der Waals surface area contributed by atoms with Crippen LogP contribution >= 0.6 is 0 Å². The van der Waals surface area contributed by atoms with Crippen molar-refractivity contribution in [2.24, 2.45) is 0 Å². The molecule has 8 nitrogen and oxygen atoms in total. The molecule has 1 aromatic rings. The molecular weight excluding hydrogens is 388 g/mol. The number of carbonyl (C=O) groups excluding carboxylic acids is 3. The second-order valence-electron chi connectivity index (χ2n) is 8.91. The Bertz CT molecular complexity index is 820. The van der Waals surface area contributed by atoms with Crippen LogP contribution in [-0.4, -0.2) is 52.5 Å². The van der Waals surface area contributed by atoms with Gasteiger partial charge in [0.25, 0.3) is 0 Å². The van der Waals surface area contributed by atoms with Crippen molar-refractivity contribution in [3.8, 4) is 0 Å². The molecule has 0 aromatic heterocycles. The van der Waals surface area contributed by atoms with Crippen molar-refractivity contribution in [3.05, 3.63) is 41.6 Å². The van der Waals surface area contributed by atoms with Gasteiger partial charge in [-0.2, -0.15) is 10.0 Å². The third kappa shape index (κ3) is 5.98. The minimum Gasteiger partial charge on any atom is -0.467 e. The summed E-state index contributed by atoms with van der Waals surface area (Å²) in [7, 11) is 1.23. The smallest absolute Gasteiger partial charge is 0.434 e. The van der Waals surface area contributed by atoms with E-state index in [1.165, 1.54) is 7.11 Å². The fraction of sp³-hybridized carbons (Fsp3) is 0.500. The Morgan fingerprint density at radius 2 is 1.47 bits per heavy atom. The molecule has 8 heteroatoms. The summed E-state index contributed by atoms with van der Waals surface area (Å²) in [5, 5.41) is 2.04. The molecule has 1 aliphatic rings. The molecule has 1 atom stereocenters. The van der Waals surface area contributed by atoms with Gasteiger partial charge in [-0.3, -0.25) is 0 Å². The van der Waals surface area contributed by atoms with E-state index in [4.69, 9.17) is 14.2 Å². The van der Waals surface area contributed by atoms with Gasteiger partial charge in [-0.1, -0.05) is 30.3 Å². The molecule has 0 spiro atoms. The fourth-order valence-corrected chi connectivity index (χ4v) is 2.86. The van der Waals surface area contributed by atoms with E-state index in [1.54, 1.807) is 47.6 Å². The third-order valence-electron chi connectivity index (χ3n) is 3.94. The first-order chi connectivity index (χ1) is 13.8. The summed E-state index contributed by atoms with van der Waals surface area (Å²) in [6.45, 7) is 10.3. The zero-order valence-corrected chi connectivity index (χ0v) is 18.6. The summed E-state index contributed by atoms with van der Waals surface area (Å²) < 4.78 is 15.8. The maximum absolute atomic E-state index is 13.1. The van der Waals surface area contributed by atoms with E-state index in [-0.39, 0.29) is 6.42 Å². The van der Waals surface area contributed by atoms with E-state index in [0.29, 0.717) is 5.70 Å². The van der Waals surface area contributed by atoms with Gasteiger partial charge in [-0.25, -0.2) is 14.4 Å². The van der Waals surface area contributed by atoms with Gasteiger partial charge in [-0.05, 0) is 53.2 Å². The van der Waals surface area contributed by atoms with Crippen LogP contribution in [0.5, 0.6) is 0 Å². The highest BCUT2D eigenvalue weighted by Crippen LogP contribution is 2.33. The number of benzene rings is 1. The maximum atomic E-state index is 13.1. The molecule has 0 aliphatic carbocycles. The van der Waals surface area contributed by atoms with Gasteiger partial charge in [0.05, 0.1) is 12.8 Å². The molecule has 1 saturated heterocycles. The summed E-state index contributed by atoms with van der Waals surface area (Å²) in [5.74, 6) is -0.661. The van der Waals surface area contributed by atoms with Crippen LogP contribution in [0.1, 0.15) is 53.5 Å². The number of methoxy groups -OCH3 is 1. The molecule has 0 saturated carbocycles. The maximum Gasteiger partial charge on any atom is 0.434 e. The number of amides is 2. The zero-order chi connectivity index (χ0) is 22.7. The Balaban J connectivity index is 2.55. The summed E-state index contributed by atoms with van der Waals surface area (Å²) >= 11 is 0. The lowest BCUT2D eigenvalue weighted by molar-refractivity contribution is -0.149.